The fourth-order valence-electron chi connectivity index (χ4n) is 1.55. The van der Waals surface area contributed by atoms with Crippen molar-refractivity contribution in [1.82, 2.24) is 4.72 Å². The van der Waals surface area contributed by atoms with Crippen molar-refractivity contribution in [2.24, 2.45) is 0 Å². The second-order valence-corrected chi connectivity index (χ2v) is 7.76. The molecule has 8 nitrogen and oxygen atoms in total. The van der Waals surface area contributed by atoms with E-state index in [2.05, 4.69) is 4.72 Å². The van der Waals surface area contributed by atoms with Gasteiger partial charge in [0.1, 0.15) is 0 Å². The van der Waals surface area contributed by atoms with Gasteiger partial charge in [0.05, 0.1) is 9.82 Å². The third kappa shape index (κ3) is 5.06. The molecule has 1 aromatic rings. The van der Waals surface area contributed by atoms with Crippen LogP contribution in [0.1, 0.15) is 13.3 Å². The fourth-order valence-corrected chi connectivity index (χ4v) is 3.53. The van der Waals surface area contributed by atoms with Crippen molar-refractivity contribution in [2.75, 3.05) is 12.0 Å². The van der Waals surface area contributed by atoms with E-state index in [4.69, 9.17) is 0 Å². The van der Waals surface area contributed by atoms with Crippen molar-refractivity contribution in [3.63, 3.8) is 0 Å². The molecule has 0 aliphatic heterocycles. The molecule has 0 bridgehead atoms. The molecule has 0 saturated heterocycles. The van der Waals surface area contributed by atoms with Crippen LogP contribution in [0.3, 0.4) is 0 Å². The number of phenolic OH excluding ortho intramolecular Hbond substituents is 1. The molecule has 1 aromatic carbocycles. The van der Waals surface area contributed by atoms with Crippen LogP contribution < -0.4 is 4.72 Å². The zero-order chi connectivity index (χ0) is 16.2. The number of aromatic hydroxyl groups is 1. The highest BCUT2D eigenvalue weighted by atomic mass is 32.2. The van der Waals surface area contributed by atoms with Crippen LogP contribution >= 0.6 is 0 Å². The van der Waals surface area contributed by atoms with Gasteiger partial charge in [0.15, 0.2) is 5.75 Å². The molecule has 0 heterocycles. The highest BCUT2D eigenvalue weighted by Crippen LogP contribution is 2.28. The minimum Gasteiger partial charge on any atom is -0.502 e. The van der Waals surface area contributed by atoms with Crippen LogP contribution in [0.15, 0.2) is 23.1 Å². The van der Waals surface area contributed by atoms with Crippen molar-refractivity contribution in [3.05, 3.63) is 28.3 Å². The van der Waals surface area contributed by atoms with Gasteiger partial charge in [-0.15, -0.1) is 0 Å². The standard InChI is InChI=1S/C11H16N2O6S2/c1-8(5-6-20(2)17)12-21(18,19)9-3-4-11(14)10(7-9)13(15)16/h3-4,7-8,12,14H,5-6H2,1-2H3. The highest BCUT2D eigenvalue weighted by molar-refractivity contribution is 7.89. The van der Waals surface area contributed by atoms with Crippen molar-refractivity contribution in [2.45, 2.75) is 24.3 Å². The number of sulfonamides is 1. The number of hydrogen-bond donors (Lipinski definition) is 2. The predicted molar refractivity (Wildman–Crippen MR) is 78.1 cm³/mol. The number of hydrogen-bond acceptors (Lipinski definition) is 6. The van der Waals surface area contributed by atoms with Gasteiger partial charge in [-0.1, -0.05) is 0 Å². The zero-order valence-corrected chi connectivity index (χ0v) is 13.1. The largest absolute Gasteiger partial charge is 0.502 e. The first-order valence-corrected chi connectivity index (χ1v) is 9.14. The average Bonchev–Trinajstić information content (AvgIpc) is 2.35. The first kappa shape index (κ1) is 17.5. The monoisotopic (exact) mass is 336 g/mol. The van der Waals surface area contributed by atoms with Crippen LogP contribution in [-0.2, 0) is 20.8 Å². The van der Waals surface area contributed by atoms with Gasteiger partial charge in [0, 0.05) is 34.9 Å². The zero-order valence-electron chi connectivity index (χ0n) is 11.5. The molecule has 0 amide bonds. The quantitative estimate of drug-likeness (QED) is 0.558. The van der Waals surface area contributed by atoms with Gasteiger partial charge in [0.25, 0.3) is 0 Å². The van der Waals surface area contributed by atoms with E-state index in [-0.39, 0.29) is 4.90 Å². The van der Waals surface area contributed by atoms with E-state index in [1.54, 1.807) is 6.92 Å². The third-order valence-corrected chi connectivity index (χ3v) is 5.05. The summed E-state index contributed by atoms with van der Waals surface area (Å²) in [6.45, 7) is 1.61. The molecule has 118 valence electrons. The predicted octanol–water partition coefficient (Wildman–Crippen LogP) is 0.736. The van der Waals surface area contributed by atoms with Crippen molar-refractivity contribution in [3.8, 4) is 5.75 Å². The Balaban J connectivity index is 2.95. The molecular formula is C11H16N2O6S2. The summed E-state index contributed by atoms with van der Waals surface area (Å²) >= 11 is 0. The van der Waals surface area contributed by atoms with E-state index in [9.17, 15) is 27.8 Å². The molecule has 0 saturated carbocycles. The molecule has 0 aliphatic carbocycles. The van der Waals surface area contributed by atoms with Crippen LogP contribution in [0.5, 0.6) is 5.75 Å². The van der Waals surface area contributed by atoms with Crippen LogP contribution in [0.4, 0.5) is 5.69 Å². The van der Waals surface area contributed by atoms with Crippen molar-refractivity contribution < 1.29 is 22.7 Å². The second kappa shape index (κ2) is 6.96. The lowest BCUT2D eigenvalue weighted by atomic mass is 10.3. The van der Waals surface area contributed by atoms with E-state index >= 15 is 0 Å². The van der Waals surface area contributed by atoms with Gasteiger partial charge in [0.2, 0.25) is 10.0 Å². The van der Waals surface area contributed by atoms with E-state index < -0.39 is 43.2 Å². The fraction of sp³-hybridized carbons (Fsp3) is 0.455. The number of phenols is 1. The van der Waals surface area contributed by atoms with Crippen LogP contribution in [0, 0.1) is 10.1 Å². The van der Waals surface area contributed by atoms with Gasteiger partial charge in [-0.05, 0) is 25.5 Å². The summed E-state index contributed by atoms with van der Waals surface area (Å²) in [6, 6.07) is 2.36. The number of nitro benzene ring substituents is 1. The van der Waals surface area contributed by atoms with E-state index in [0.29, 0.717) is 12.2 Å². The molecule has 0 aliphatic rings. The minimum absolute atomic E-state index is 0.309. The Labute approximate surface area is 124 Å². The summed E-state index contributed by atoms with van der Waals surface area (Å²) in [4.78, 5) is 9.53. The average molecular weight is 336 g/mol. The SMILES string of the molecule is CC(CCS(C)=O)NS(=O)(=O)c1ccc(O)c([N+](=O)[O-])c1. The van der Waals surface area contributed by atoms with E-state index in [1.807, 2.05) is 0 Å². The normalized spacial score (nSPS) is 14.6. The van der Waals surface area contributed by atoms with Crippen LogP contribution in [0.2, 0.25) is 0 Å². The Hall–Kier alpha value is -1.52. The lowest BCUT2D eigenvalue weighted by Crippen LogP contribution is -2.33. The maximum Gasteiger partial charge on any atom is 0.312 e. The maximum atomic E-state index is 12.1. The molecule has 0 radical (unpaired) electrons. The summed E-state index contributed by atoms with van der Waals surface area (Å²) in [7, 11) is -4.97. The van der Waals surface area contributed by atoms with Gasteiger partial charge in [-0.3, -0.25) is 14.3 Å². The Bertz CT molecular complexity index is 659. The number of nitrogens with zero attached hydrogens (tertiary/aromatic N) is 1. The Morgan fingerprint density at radius 3 is 2.62 bits per heavy atom. The lowest BCUT2D eigenvalue weighted by molar-refractivity contribution is -0.386. The van der Waals surface area contributed by atoms with Crippen LogP contribution in [0.25, 0.3) is 0 Å². The molecule has 1 rings (SSSR count). The molecule has 10 heteroatoms. The smallest absolute Gasteiger partial charge is 0.312 e. The minimum atomic E-state index is -3.94. The summed E-state index contributed by atoms with van der Waals surface area (Å²) in [5, 5.41) is 20.0. The van der Waals surface area contributed by atoms with Crippen LogP contribution in [-0.4, -0.2) is 40.7 Å². The van der Waals surface area contributed by atoms with Gasteiger partial charge in [-0.2, -0.15) is 0 Å². The summed E-state index contributed by atoms with van der Waals surface area (Å²) in [5.41, 5.74) is -0.680. The first-order chi connectivity index (χ1) is 9.63. The lowest BCUT2D eigenvalue weighted by Gasteiger charge is -2.13. The number of nitrogens with one attached hydrogen (secondary N) is 1. The molecule has 0 fully saturated rings. The van der Waals surface area contributed by atoms with Crippen molar-refractivity contribution in [1.29, 1.82) is 0 Å². The van der Waals surface area contributed by atoms with E-state index in [1.165, 1.54) is 6.26 Å². The Morgan fingerprint density at radius 1 is 1.48 bits per heavy atom. The third-order valence-electron chi connectivity index (χ3n) is 2.65. The maximum absolute atomic E-state index is 12.1. The number of benzene rings is 1. The molecular weight excluding hydrogens is 320 g/mol. The molecule has 2 N–H and O–H groups in total. The summed E-state index contributed by atoms with van der Waals surface area (Å²) < 4.78 is 37.5. The van der Waals surface area contributed by atoms with Crippen molar-refractivity contribution >= 4 is 26.5 Å². The Kier molecular flexibility index (Phi) is 5.81. The van der Waals surface area contributed by atoms with Gasteiger partial charge >= 0.3 is 5.69 Å². The van der Waals surface area contributed by atoms with Gasteiger partial charge in [-0.25, -0.2) is 13.1 Å². The van der Waals surface area contributed by atoms with E-state index in [0.717, 1.165) is 18.2 Å². The second-order valence-electron chi connectivity index (χ2n) is 4.50. The number of rotatable bonds is 7. The Morgan fingerprint density at radius 2 is 2.10 bits per heavy atom. The highest BCUT2D eigenvalue weighted by Gasteiger charge is 2.22. The molecule has 2 atom stereocenters. The molecule has 21 heavy (non-hydrogen) atoms. The molecule has 0 aromatic heterocycles. The van der Waals surface area contributed by atoms with Gasteiger partial charge < -0.3 is 5.11 Å². The summed E-state index contributed by atoms with van der Waals surface area (Å²) in [6.07, 6.45) is 1.90. The molecule has 0 spiro atoms. The number of nitro groups is 1. The summed E-state index contributed by atoms with van der Waals surface area (Å²) in [5.74, 6) is -0.257. The molecule has 2 unspecified atom stereocenters. The topological polar surface area (TPSA) is 127 Å². The first-order valence-electron chi connectivity index (χ1n) is 5.93.